The standard InChI is InChI=1S/C18H18N6O2S/c1-24(11-16(25)19-14-5-3-4-6-15(14)27-2)18(26)13-9-7-12(8-10-13)17-20-22-23-21-17/h3-10,26H,11H2,1-2H3,(H,19,25)/p-1. The van der Waals surface area contributed by atoms with Crippen molar-refractivity contribution in [1.82, 2.24) is 4.90 Å². The third kappa shape index (κ3) is 4.50. The minimum Gasteiger partial charge on any atom is -0.860 e. The molecule has 0 bridgehead atoms. The van der Waals surface area contributed by atoms with Crippen LogP contribution in [0.1, 0.15) is 0 Å². The maximum atomic E-state index is 12.5. The molecule has 9 heteroatoms. The molecule has 0 unspecified atom stereocenters. The van der Waals surface area contributed by atoms with E-state index in [1.165, 1.54) is 4.90 Å². The van der Waals surface area contributed by atoms with Crippen LogP contribution in [0.5, 0.6) is 0 Å². The summed E-state index contributed by atoms with van der Waals surface area (Å²) in [7, 11) is 1.59. The van der Waals surface area contributed by atoms with Gasteiger partial charge < -0.3 is 15.3 Å². The van der Waals surface area contributed by atoms with Crippen LogP contribution in [0, 0.1) is 0 Å². The smallest absolute Gasteiger partial charge is 0.243 e. The van der Waals surface area contributed by atoms with Gasteiger partial charge in [0.15, 0.2) is 0 Å². The first kappa shape index (κ1) is 18.6. The molecular formula is C18H17N6O2S-. The number of carbonyl (C=O) groups is 1. The highest BCUT2D eigenvalue weighted by atomic mass is 32.2. The summed E-state index contributed by atoms with van der Waals surface area (Å²) in [5.74, 6) is -0.116. The number of nitrogens with one attached hydrogen (secondary N) is 1. The van der Waals surface area contributed by atoms with Crippen molar-refractivity contribution in [2.45, 2.75) is 4.90 Å². The number of thioether (sulfide) groups is 1. The minimum atomic E-state index is -0.258. The van der Waals surface area contributed by atoms with Gasteiger partial charge in [-0.05, 0) is 39.9 Å². The van der Waals surface area contributed by atoms with E-state index < -0.39 is 0 Å². The Morgan fingerprint density at radius 2 is 1.78 bits per heavy atom. The van der Waals surface area contributed by atoms with Crippen molar-refractivity contribution < 1.29 is 9.90 Å². The molecule has 2 aromatic carbocycles. The van der Waals surface area contributed by atoms with E-state index in [9.17, 15) is 9.90 Å². The lowest BCUT2D eigenvalue weighted by Crippen LogP contribution is -2.37. The van der Waals surface area contributed by atoms with E-state index in [0.29, 0.717) is 16.3 Å². The second-order valence-corrected chi connectivity index (χ2v) is 6.54. The molecule has 138 valence electrons. The van der Waals surface area contributed by atoms with Gasteiger partial charge in [0.25, 0.3) is 0 Å². The first-order valence-electron chi connectivity index (χ1n) is 8.06. The van der Waals surface area contributed by atoms with E-state index in [2.05, 4.69) is 26.0 Å². The molecule has 1 amide bonds. The fraction of sp³-hybridized carbons (Fsp3) is 0.167. The van der Waals surface area contributed by atoms with Gasteiger partial charge in [0.05, 0.1) is 12.2 Å². The molecule has 0 fully saturated rings. The fourth-order valence-electron chi connectivity index (χ4n) is 2.47. The molecule has 1 heterocycles. The monoisotopic (exact) mass is 381 g/mol. The van der Waals surface area contributed by atoms with Gasteiger partial charge >= 0.3 is 0 Å². The van der Waals surface area contributed by atoms with Crippen LogP contribution in [0.3, 0.4) is 0 Å². The van der Waals surface area contributed by atoms with Gasteiger partial charge in [-0.1, -0.05) is 36.4 Å². The number of amides is 1. The van der Waals surface area contributed by atoms with Gasteiger partial charge in [-0.2, -0.15) is 0 Å². The molecule has 0 spiro atoms. The first-order valence-corrected chi connectivity index (χ1v) is 9.28. The van der Waals surface area contributed by atoms with Crippen molar-refractivity contribution >= 4 is 35.1 Å². The number of anilines is 1. The van der Waals surface area contributed by atoms with E-state index in [1.807, 2.05) is 30.5 Å². The first-order chi connectivity index (χ1) is 13.1. The Bertz CT molecular complexity index is 997. The van der Waals surface area contributed by atoms with Crippen molar-refractivity contribution in [3.05, 3.63) is 59.0 Å². The molecule has 0 saturated carbocycles. The molecule has 0 aromatic heterocycles. The topological polar surface area (TPSA) is 105 Å². The highest BCUT2D eigenvalue weighted by molar-refractivity contribution is 7.98. The number of carbonyl (C=O) groups excluding carboxylic acids is 1. The lowest BCUT2D eigenvalue weighted by atomic mass is 10.2. The van der Waals surface area contributed by atoms with E-state index in [-0.39, 0.29) is 18.3 Å². The molecule has 8 nitrogen and oxygen atoms in total. The van der Waals surface area contributed by atoms with E-state index in [4.69, 9.17) is 0 Å². The zero-order valence-corrected chi connectivity index (χ0v) is 15.6. The van der Waals surface area contributed by atoms with Crippen LogP contribution < -0.4 is 20.9 Å². The Morgan fingerprint density at radius 1 is 1.11 bits per heavy atom. The Morgan fingerprint density at radius 3 is 2.44 bits per heavy atom. The summed E-state index contributed by atoms with van der Waals surface area (Å²) >= 11 is 1.55. The molecular weight excluding hydrogens is 364 g/mol. The van der Waals surface area contributed by atoms with Crippen LogP contribution in [0.15, 0.2) is 74.1 Å². The zero-order valence-electron chi connectivity index (χ0n) is 14.8. The normalized spacial score (nSPS) is 12.3. The predicted molar refractivity (Wildman–Crippen MR) is 102 cm³/mol. The molecule has 1 aliphatic heterocycles. The third-order valence-corrected chi connectivity index (χ3v) is 4.61. The van der Waals surface area contributed by atoms with Crippen LogP contribution in [-0.4, -0.2) is 30.7 Å². The molecule has 0 atom stereocenters. The average molecular weight is 381 g/mol. The van der Waals surface area contributed by atoms with Crippen LogP contribution in [0.2, 0.25) is 0 Å². The minimum absolute atomic E-state index is 0.0525. The number of rotatable bonds is 5. The Hall–Kier alpha value is -3.20. The SMILES string of the molecule is CSc1ccccc1NC(=O)CN(C)C([O-])=c1ccc(=C2N=NN=N2)cc1. The molecule has 0 aliphatic carbocycles. The largest absolute Gasteiger partial charge is 0.860 e. The number of hydrogen-bond acceptors (Lipinski definition) is 8. The highest BCUT2D eigenvalue weighted by Gasteiger charge is 2.08. The van der Waals surface area contributed by atoms with E-state index in [0.717, 1.165) is 10.6 Å². The van der Waals surface area contributed by atoms with Gasteiger partial charge in [0.1, 0.15) is 0 Å². The molecule has 2 aromatic rings. The third-order valence-electron chi connectivity index (χ3n) is 3.82. The molecule has 1 aliphatic rings. The van der Waals surface area contributed by atoms with Crippen molar-refractivity contribution in [2.24, 2.45) is 20.7 Å². The summed E-state index contributed by atoms with van der Waals surface area (Å²) in [6, 6.07) is 14.3. The van der Waals surface area contributed by atoms with Crippen LogP contribution >= 0.6 is 11.8 Å². The lowest BCUT2D eigenvalue weighted by molar-refractivity contribution is -0.270. The number of hydrogen-bond donors (Lipinski definition) is 1. The Balaban J connectivity index is 1.73. The quantitative estimate of drug-likeness (QED) is 0.788. The van der Waals surface area contributed by atoms with Crippen molar-refractivity contribution in [1.29, 1.82) is 0 Å². The summed E-state index contributed by atoms with van der Waals surface area (Å²) in [6.07, 6.45) is 1.94. The van der Waals surface area contributed by atoms with Crippen molar-refractivity contribution in [3.63, 3.8) is 0 Å². The van der Waals surface area contributed by atoms with Crippen LogP contribution in [0.25, 0.3) is 11.7 Å². The highest BCUT2D eigenvalue weighted by Crippen LogP contribution is 2.24. The maximum absolute atomic E-state index is 12.5. The van der Waals surface area contributed by atoms with Crippen LogP contribution in [0.4, 0.5) is 5.69 Å². The van der Waals surface area contributed by atoms with Gasteiger partial charge in [-0.25, -0.2) is 0 Å². The average Bonchev–Trinajstić information content (AvgIpc) is 3.22. The number of benzene rings is 2. The van der Waals surface area contributed by atoms with Crippen LogP contribution in [-0.2, 0) is 4.79 Å². The summed E-state index contributed by atoms with van der Waals surface area (Å²) < 4.78 is 0. The van der Waals surface area contributed by atoms with Gasteiger partial charge in [0, 0.05) is 17.2 Å². The number of nitrogens with zero attached hydrogens (tertiary/aromatic N) is 5. The molecule has 0 radical (unpaired) electrons. The van der Waals surface area contributed by atoms with Gasteiger partial charge in [-0.15, -0.1) is 22.0 Å². The van der Waals surface area contributed by atoms with E-state index >= 15 is 0 Å². The molecule has 0 saturated heterocycles. The zero-order chi connectivity index (χ0) is 19.2. The second kappa shape index (κ2) is 8.45. The van der Waals surface area contributed by atoms with Gasteiger partial charge in [-0.3, -0.25) is 4.79 Å². The number of likely N-dealkylation sites (N-methyl/N-ethyl adjacent to an activating group) is 1. The summed E-state index contributed by atoms with van der Waals surface area (Å²) in [4.78, 5) is 14.6. The molecule has 1 N–H and O–H groups in total. The maximum Gasteiger partial charge on any atom is 0.243 e. The molecule has 3 rings (SSSR count). The Kier molecular flexibility index (Phi) is 5.82. The second-order valence-electron chi connectivity index (χ2n) is 5.69. The van der Waals surface area contributed by atoms with E-state index in [1.54, 1.807) is 43.1 Å². The summed E-state index contributed by atoms with van der Waals surface area (Å²) in [6.45, 7) is -0.0525. The van der Waals surface area contributed by atoms with Gasteiger partial charge in [0.2, 0.25) is 11.7 Å². The van der Waals surface area contributed by atoms with Crippen molar-refractivity contribution in [3.8, 4) is 0 Å². The molecule has 27 heavy (non-hydrogen) atoms. The predicted octanol–water partition coefficient (Wildman–Crippen LogP) is 1.30. The fourth-order valence-corrected chi connectivity index (χ4v) is 3.02. The lowest BCUT2D eigenvalue weighted by Gasteiger charge is -2.26. The number of para-hydroxylation sites is 1. The summed E-state index contributed by atoms with van der Waals surface area (Å²) in [5, 5.41) is 31.0. The van der Waals surface area contributed by atoms with Crippen molar-refractivity contribution in [2.75, 3.05) is 25.2 Å². The summed E-state index contributed by atoms with van der Waals surface area (Å²) in [5.41, 5.74) is 0.733. The Labute approximate surface area is 160 Å².